The maximum atomic E-state index is 12.4. The third-order valence-electron chi connectivity index (χ3n) is 4.35. The summed E-state index contributed by atoms with van der Waals surface area (Å²) in [5.41, 5.74) is -0.316. The first-order chi connectivity index (χ1) is 13.8. The van der Waals surface area contributed by atoms with Gasteiger partial charge in [-0.15, -0.1) is 0 Å². The summed E-state index contributed by atoms with van der Waals surface area (Å²) in [5.74, 6) is -0.136. The molecule has 1 amide bonds. The second-order valence-electron chi connectivity index (χ2n) is 6.59. The van der Waals surface area contributed by atoms with Crippen molar-refractivity contribution in [2.75, 3.05) is 11.9 Å². The molecule has 1 aromatic heterocycles. The van der Waals surface area contributed by atoms with Crippen molar-refractivity contribution in [3.63, 3.8) is 0 Å². The van der Waals surface area contributed by atoms with Crippen LogP contribution in [0, 0.1) is 11.3 Å². The summed E-state index contributed by atoms with van der Waals surface area (Å²) in [6, 6.07) is 5.42. The number of alkyl halides is 3. The largest absolute Gasteiger partial charge is 0.483 e. The van der Waals surface area contributed by atoms with Gasteiger partial charge >= 0.3 is 11.9 Å². The van der Waals surface area contributed by atoms with E-state index in [4.69, 9.17) is 5.26 Å². The van der Waals surface area contributed by atoms with Crippen molar-refractivity contribution in [1.82, 2.24) is 14.3 Å². The second kappa shape index (κ2) is 8.38. The van der Waals surface area contributed by atoms with Crippen molar-refractivity contribution in [3.05, 3.63) is 40.1 Å². The molecule has 1 aliphatic rings. The molecule has 0 atom stereocenters. The summed E-state index contributed by atoms with van der Waals surface area (Å²) in [4.78, 5) is 24.7. The molecule has 0 bridgehead atoms. The maximum Gasteiger partial charge on any atom is 0.422 e. The van der Waals surface area contributed by atoms with E-state index in [0.29, 0.717) is 18.8 Å². The number of rotatable bonds is 5. The zero-order valence-electron chi connectivity index (χ0n) is 15.3. The first kappa shape index (κ1) is 20.4. The number of carbonyl (C=O) groups is 1. The number of halogens is 3. The number of carbonyl (C=O) groups excluding carboxylic acids is 1. The van der Waals surface area contributed by atoms with Gasteiger partial charge in [-0.05, 0) is 31.0 Å². The van der Waals surface area contributed by atoms with Gasteiger partial charge in [-0.2, -0.15) is 23.5 Å². The summed E-state index contributed by atoms with van der Waals surface area (Å²) in [7, 11) is 0. The summed E-state index contributed by atoms with van der Waals surface area (Å²) < 4.78 is 44.1. The molecule has 0 fully saturated rings. The lowest BCUT2D eigenvalue weighted by atomic mass is 10.2. The molecule has 0 aliphatic carbocycles. The molecule has 154 valence electrons. The Labute approximate surface area is 163 Å². The van der Waals surface area contributed by atoms with Crippen LogP contribution in [-0.4, -0.2) is 33.0 Å². The molecule has 11 heteroatoms. The van der Waals surface area contributed by atoms with E-state index in [9.17, 15) is 22.8 Å². The number of aryl methyl sites for hydroxylation is 1. The highest BCUT2D eigenvalue weighted by Gasteiger charge is 2.29. The third kappa shape index (κ3) is 5.16. The number of nitrogens with zero attached hydrogens (tertiary/aromatic N) is 4. The Balaban J connectivity index is 1.68. The van der Waals surface area contributed by atoms with Gasteiger partial charge in [0.2, 0.25) is 5.91 Å². The van der Waals surface area contributed by atoms with Gasteiger partial charge in [0.05, 0.1) is 5.56 Å². The SMILES string of the molecule is N#Cc1cc(NC(=O)Cn2nc3n(c2=O)CCCCC3)ccc1OCC(F)(F)F. The predicted octanol–water partition coefficient (Wildman–Crippen LogP) is 2.22. The summed E-state index contributed by atoms with van der Waals surface area (Å²) in [6.07, 6.45) is -1.02. The first-order valence-corrected chi connectivity index (χ1v) is 8.97. The van der Waals surface area contributed by atoms with Gasteiger partial charge < -0.3 is 10.1 Å². The Morgan fingerprint density at radius 2 is 2.10 bits per heavy atom. The molecule has 1 aromatic carbocycles. The van der Waals surface area contributed by atoms with Crippen molar-refractivity contribution < 1.29 is 22.7 Å². The topological polar surface area (TPSA) is 102 Å². The average Bonchev–Trinajstić information content (AvgIpc) is 2.83. The van der Waals surface area contributed by atoms with Gasteiger partial charge in [0, 0.05) is 18.7 Å². The maximum absolute atomic E-state index is 12.4. The minimum atomic E-state index is -4.53. The molecule has 0 saturated heterocycles. The van der Waals surface area contributed by atoms with Crippen LogP contribution in [0.3, 0.4) is 0 Å². The quantitative estimate of drug-likeness (QED) is 0.816. The number of amides is 1. The van der Waals surface area contributed by atoms with Crippen LogP contribution in [0.15, 0.2) is 23.0 Å². The molecular formula is C18H18F3N5O3. The summed E-state index contributed by atoms with van der Waals surface area (Å²) >= 11 is 0. The molecule has 0 spiro atoms. The molecule has 2 aromatic rings. The van der Waals surface area contributed by atoms with Gasteiger partial charge in [0.25, 0.3) is 0 Å². The molecular weight excluding hydrogens is 391 g/mol. The molecule has 1 aliphatic heterocycles. The van der Waals surface area contributed by atoms with Crippen LogP contribution in [0.5, 0.6) is 5.75 Å². The smallest absolute Gasteiger partial charge is 0.422 e. The summed E-state index contributed by atoms with van der Waals surface area (Å²) in [5, 5.41) is 15.8. The number of hydrogen-bond donors (Lipinski definition) is 1. The predicted molar refractivity (Wildman–Crippen MR) is 95.4 cm³/mol. The van der Waals surface area contributed by atoms with E-state index in [0.717, 1.165) is 23.9 Å². The number of aromatic nitrogens is 3. The molecule has 8 nitrogen and oxygen atoms in total. The summed E-state index contributed by atoms with van der Waals surface area (Å²) in [6.45, 7) is -1.27. The Morgan fingerprint density at radius 3 is 2.83 bits per heavy atom. The van der Waals surface area contributed by atoms with Crippen LogP contribution < -0.4 is 15.7 Å². The van der Waals surface area contributed by atoms with E-state index in [2.05, 4.69) is 15.2 Å². The highest BCUT2D eigenvalue weighted by Crippen LogP contribution is 2.24. The highest BCUT2D eigenvalue weighted by molar-refractivity contribution is 5.90. The molecule has 0 saturated carbocycles. The Kier molecular flexibility index (Phi) is 5.91. The van der Waals surface area contributed by atoms with E-state index >= 15 is 0 Å². The van der Waals surface area contributed by atoms with Gasteiger partial charge in [-0.1, -0.05) is 6.42 Å². The number of hydrogen-bond acceptors (Lipinski definition) is 5. The van der Waals surface area contributed by atoms with Crippen LogP contribution in [0.4, 0.5) is 18.9 Å². The standard InChI is InChI=1S/C18H18F3N5O3/c19-18(20,21)11-29-14-6-5-13(8-12(14)9-22)23-16(27)10-26-17(28)25-7-3-1-2-4-15(25)24-26/h5-6,8H,1-4,7,10-11H2,(H,23,27). The number of benzene rings is 1. The fraction of sp³-hybridized carbons (Fsp3) is 0.444. The molecule has 0 radical (unpaired) electrons. The lowest BCUT2D eigenvalue weighted by Crippen LogP contribution is -2.30. The second-order valence-corrected chi connectivity index (χ2v) is 6.59. The van der Waals surface area contributed by atoms with E-state index < -0.39 is 18.7 Å². The lowest BCUT2D eigenvalue weighted by molar-refractivity contribution is -0.153. The van der Waals surface area contributed by atoms with E-state index in [1.54, 1.807) is 10.6 Å². The minimum Gasteiger partial charge on any atom is -0.483 e. The molecule has 2 heterocycles. The highest BCUT2D eigenvalue weighted by atomic mass is 19.4. The Hall–Kier alpha value is -3.29. The molecule has 1 N–H and O–H groups in total. The van der Waals surface area contributed by atoms with E-state index in [1.807, 2.05) is 0 Å². The fourth-order valence-electron chi connectivity index (χ4n) is 3.05. The molecule has 0 unspecified atom stereocenters. The Morgan fingerprint density at radius 1 is 1.31 bits per heavy atom. The average molecular weight is 409 g/mol. The Bertz CT molecular complexity index is 1000. The lowest BCUT2D eigenvalue weighted by Gasteiger charge is -2.11. The van der Waals surface area contributed by atoms with Gasteiger partial charge in [-0.25, -0.2) is 9.48 Å². The van der Waals surface area contributed by atoms with Crippen molar-refractivity contribution in [3.8, 4) is 11.8 Å². The van der Waals surface area contributed by atoms with Crippen molar-refractivity contribution in [1.29, 1.82) is 5.26 Å². The van der Waals surface area contributed by atoms with Gasteiger partial charge in [0.1, 0.15) is 24.2 Å². The third-order valence-corrected chi connectivity index (χ3v) is 4.35. The van der Waals surface area contributed by atoms with Gasteiger partial charge in [-0.3, -0.25) is 9.36 Å². The molecule has 29 heavy (non-hydrogen) atoms. The van der Waals surface area contributed by atoms with Crippen molar-refractivity contribution in [2.45, 2.75) is 44.9 Å². The monoisotopic (exact) mass is 409 g/mol. The number of nitrogens with one attached hydrogen (secondary N) is 1. The van der Waals surface area contributed by atoms with Crippen LogP contribution in [0.1, 0.15) is 30.7 Å². The first-order valence-electron chi connectivity index (χ1n) is 8.97. The van der Waals surface area contributed by atoms with E-state index in [1.165, 1.54) is 18.2 Å². The fourth-order valence-corrected chi connectivity index (χ4v) is 3.05. The van der Waals surface area contributed by atoms with Crippen molar-refractivity contribution in [2.24, 2.45) is 0 Å². The van der Waals surface area contributed by atoms with E-state index in [-0.39, 0.29) is 29.2 Å². The van der Waals surface area contributed by atoms with Crippen LogP contribution in [-0.2, 0) is 24.3 Å². The van der Waals surface area contributed by atoms with Crippen LogP contribution in [0.2, 0.25) is 0 Å². The number of nitriles is 1. The van der Waals surface area contributed by atoms with Gasteiger partial charge in [0.15, 0.2) is 6.61 Å². The van der Waals surface area contributed by atoms with Crippen LogP contribution >= 0.6 is 0 Å². The molecule has 3 rings (SSSR count). The minimum absolute atomic E-state index is 0.155. The zero-order valence-corrected chi connectivity index (χ0v) is 15.3. The number of ether oxygens (including phenoxy) is 1. The zero-order chi connectivity index (χ0) is 21.0. The normalized spacial score (nSPS) is 13.9. The van der Waals surface area contributed by atoms with Crippen LogP contribution in [0.25, 0.3) is 0 Å². The number of anilines is 1. The van der Waals surface area contributed by atoms with Crippen molar-refractivity contribution >= 4 is 11.6 Å². The number of fused-ring (bicyclic) bond motifs is 1.